The van der Waals surface area contributed by atoms with Crippen LogP contribution >= 0.6 is 35.3 Å². The summed E-state index contributed by atoms with van der Waals surface area (Å²) in [6, 6.07) is 7.56. The number of ether oxygens (including phenoxy) is 1. The highest BCUT2D eigenvalue weighted by Crippen LogP contribution is 2.26. The van der Waals surface area contributed by atoms with Gasteiger partial charge in [0.2, 0.25) is 5.91 Å². The minimum Gasteiger partial charge on any atom is -0.378 e. The zero-order chi connectivity index (χ0) is 15.4. The Hall–Kier alpha value is -1.18. The second-order valence-corrected chi connectivity index (χ2v) is 6.32. The van der Waals surface area contributed by atoms with Crippen LogP contribution in [0.2, 0.25) is 5.02 Å². The van der Waals surface area contributed by atoms with Crippen LogP contribution in [0.4, 0.5) is 5.13 Å². The van der Waals surface area contributed by atoms with Crippen LogP contribution in [0, 0.1) is 0 Å². The maximum absolute atomic E-state index is 12.0. The molecule has 5 nitrogen and oxygen atoms in total. The summed E-state index contributed by atoms with van der Waals surface area (Å²) in [6.45, 7) is 2.06. The molecule has 1 aliphatic rings. The van der Waals surface area contributed by atoms with Crippen molar-refractivity contribution in [2.75, 3.05) is 25.1 Å². The molecule has 2 aromatic rings. The minimum absolute atomic E-state index is 0. The van der Waals surface area contributed by atoms with Crippen LogP contribution in [0.1, 0.15) is 6.42 Å². The predicted molar refractivity (Wildman–Crippen MR) is 95.7 cm³/mol. The molecule has 3 rings (SSSR count). The van der Waals surface area contributed by atoms with Crippen molar-refractivity contribution in [3.63, 3.8) is 0 Å². The molecule has 8 heteroatoms. The van der Waals surface area contributed by atoms with Crippen molar-refractivity contribution in [1.29, 1.82) is 0 Å². The molecule has 1 saturated heterocycles. The summed E-state index contributed by atoms with van der Waals surface area (Å²) < 4.78 is 5.34. The Morgan fingerprint density at radius 1 is 1.52 bits per heavy atom. The topological polar surface area (TPSA) is 63.2 Å². The highest BCUT2D eigenvalue weighted by atomic mass is 35.5. The van der Waals surface area contributed by atoms with Gasteiger partial charge in [0.05, 0.1) is 18.9 Å². The Balaban J connectivity index is 0.00000192. The first-order valence-electron chi connectivity index (χ1n) is 7.03. The van der Waals surface area contributed by atoms with Crippen LogP contribution in [-0.4, -0.2) is 36.7 Å². The molecule has 1 unspecified atom stereocenters. The van der Waals surface area contributed by atoms with Gasteiger partial charge in [0.15, 0.2) is 5.13 Å². The molecule has 1 aromatic carbocycles. The van der Waals surface area contributed by atoms with E-state index in [2.05, 4.69) is 15.6 Å². The van der Waals surface area contributed by atoms with Gasteiger partial charge in [-0.25, -0.2) is 4.98 Å². The Morgan fingerprint density at radius 2 is 2.39 bits per heavy atom. The molecular formula is C15H17Cl2N3O2S. The van der Waals surface area contributed by atoms with Gasteiger partial charge < -0.3 is 15.4 Å². The summed E-state index contributed by atoms with van der Waals surface area (Å²) in [5.74, 6) is -0.0602. The summed E-state index contributed by atoms with van der Waals surface area (Å²) in [6.07, 6.45) is 0.381. The molecule has 2 N–H and O–H groups in total. The van der Waals surface area contributed by atoms with E-state index in [9.17, 15) is 4.79 Å². The summed E-state index contributed by atoms with van der Waals surface area (Å²) in [7, 11) is 0. The lowest BCUT2D eigenvalue weighted by atomic mass is 10.2. The number of hydrogen-bond donors (Lipinski definition) is 2. The molecule has 0 aliphatic carbocycles. The number of morpholine rings is 1. The van der Waals surface area contributed by atoms with Crippen molar-refractivity contribution in [2.45, 2.75) is 12.5 Å². The zero-order valence-corrected chi connectivity index (χ0v) is 14.6. The van der Waals surface area contributed by atoms with E-state index in [0.29, 0.717) is 29.8 Å². The molecule has 1 aliphatic heterocycles. The van der Waals surface area contributed by atoms with Gasteiger partial charge in [0, 0.05) is 35.0 Å². The number of hydrogen-bond acceptors (Lipinski definition) is 5. The molecule has 124 valence electrons. The Morgan fingerprint density at radius 3 is 3.13 bits per heavy atom. The fourth-order valence-corrected chi connectivity index (χ4v) is 3.18. The van der Waals surface area contributed by atoms with Crippen molar-refractivity contribution in [1.82, 2.24) is 10.3 Å². The number of rotatable bonds is 4. The third-order valence-electron chi connectivity index (χ3n) is 3.30. The molecular weight excluding hydrogens is 357 g/mol. The van der Waals surface area contributed by atoms with E-state index in [0.717, 1.165) is 17.8 Å². The molecule has 0 saturated carbocycles. The van der Waals surface area contributed by atoms with Crippen LogP contribution in [0.5, 0.6) is 0 Å². The van der Waals surface area contributed by atoms with Crippen molar-refractivity contribution < 1.29 is 9.53 Å². The van der Waals surface area contributed by atoms with Crippen LogP contribution in [0.25, 0.3) is 11.3 Å². The van der Waals surface area contributed by atoms with E-state index < -0.39 is 0 Å². The fourth-order valence-electron chi connectivity index (χ4n) is 2.26. The van der Waals surface area contributed by atoms with Crippen molar-refractivity contribution in [3.05, 3.63) is 34.7 Å². The number of halogens is 2. The highest BCUT2D eigenvalue weighted by molar-refractivity contribution is 7.14. The van der Waals surface area contributed by atoms with Crippen LogP contribution < -0.4 is 10.6 Å². The molecule has 23 heavy (non-hydrogen) atoms. The molecule has 1 amide bonds. The lowest BCUT2D eigenvalue weighted by molar-refractivity contribution is -0.117. The smallest absolute Gasteiger partial charge is 0.227 e. The number of thiazole rings is 1. The number of nitrogens with zero attached hydrogens (tertiary/aromatic N) is 1. The van der Waals surface area contributed by atoms with E-state index in [1.54, 1.807) is 0 Å². The normalized spacial score (nSPS) is 17.3. The van der Waals surface area contributed by atoms with Crippen molar-refractivity contribution >= 4 is 46.4 Å². The van der Waals surface area contributed by atoms with Gasteiger partial charge in [-0.3, -0.25) is 4.79 Å². The largest absolute Gasteiger partial charge is 0.378 e. The van der Waals surface area contributed by atoms with Gasteiger partial charge in [0.25, 0.3) is 0 Å². The van der Waals surface area contributed by atoms with E-state index in [-0.39, 0.29) is 24.4 Å². The van der Waals surface area contributed by atoms with E-state index >= 15 is 0 Å². The number of aromatic nitrogens is 1. The average Bonchev–Trinajstić information content (AvgIpc) is 2.96. The monoisotopic (exact) mass is 373 g/mol. The lowest BCUT2D eigenvalue weighted by Gasteiger charge is -2.22. The number of amides is 1. The number of nitrogens with one attached hydrogen (secondary N) is 2. The average molecular weight is 374 g/mol. The quantitative estimate of drug-likeness (QED) is 0.863. The first-order chi connectivity index (χ1) is 10.7. The lowest BCUT2D eigenvalue weighted by Crippen LogP contribution is -2.43. The molecule has 2 heterocycles. The molecule has 1 aromatic heterocycles. The van der Waals surface area contributed by atoms with Crippen molar-refractivity contribution in [2.24, 2.45) is 0 Å². The van der Waals surface area contributed by atoms with E-state index in [1.165, 1.54) is 11.3 Å². The predicted octanol–water partition coefficient (Wildman–Crippen LogP) is 3.20. The standard InChI is InChI=1S/C15H16ClN3O2S.ClH/c16-11-3-1-2-10(6-11)13-9-22-15(18-13)19-14(20)7-12-8-21-5-4-17-12;/h1-3,6,9,12,17H,4-5,7-8H2,(H,18,19,20);1H. The Kier molecular flexibility index (Phi) is 6.80. The summed E-state index contributed by atoms with van der Waals surface area (Å²) in [5.41, 5.74) is 1.74. The zero-order valence-electron chi connectivity index (χ0n) is 12.3. The molecule has 1 fully saturated rings. The fraction of sp³-hybridized carbons (Fsp3) is 0.333. The Bertz CT molecular complexity index is 660. The Labute approximate surface area is 149 Å². The van der Waals surface area contributed by atoms with E-state index in [1.807, 2.05) is 29.6 Å². The molecule has 0 radical (unpaired) electrons. The van der Waals surface area contributed by atoms with Crippen LogP contribution in [-0.2, 0) is 9.53 Å². The summed E-state index contributed by atoms with van der Waals surface area (Å²) in [5, 5.41) is 9.26. The second-order valence-electron chi connectivity index (χ2n) is 5.03. The van der Waals surface area contributed by atoms with Gasteiger partial charge in [-0.05, 0) is 12.1 Å². The maximum Gasteiger partial charge on any atom is 0.227 e. The molecule has 0 spiro atoms. The second kappa shape index (κ2) is 8.61. The van der Waals surface area contributed by atoms with Gasteiger partial charge in [-0.15, -0.1) is 23.7 Å². The maximum atomic E-state index is 12.0. The number of anilines is 1. The van der Waals surface area contributed by atoms with Crippen LogP contribution in [0.3, 0.4) is 0 Å². The number of carbonyl (C=O) groups excluding carboxylic acids is 1. The third kappa shape index (κ3) is 5.16. The first-order valence-corrected chi connectivity index (χ1v) is 8.29. The molecule has 1 atom stereocenters. The van der Waals surface area contributed by atoms with Crippen molar-refractivity contribution in [3.8, 4) is 11.3 Å². The van der Waals surface area contributed by atoms with Gasteiger partial charge in [-0.1, -0.05) is 23.7 Å². The van der Waals surface area contributed by atoms with Gasteiger partial charge in [0.1, 0.15) is 0 Å². The first kappa shape index (κ1) is 18.2. The minimum atomic E-state index is -0.0602. The third-order valence-corrected chi connectivity index (χ3v) is 4.29. The highest BCUT2D eigenvalue weighted by Gasteiger charge is 2.17. The number of carbonyl (C=O) groups is 1. The summed E-state index contributed by atoms with van der Waals surface area (Å²) >= 11 is 7.38. The SMILES string of the molecule is Cl.O=C(CC1COCCN1)Nc1nc(-c2cccc(Cl)c2)cs1. The van der Waals surface area contributed by atoms with Gasteiger partial charge in [-0.2, -0.15) is 0 Å². The number of benzene rings is 1. The van der Waals surface area contributed by atoms with Crippen LogP contribution in [0.15, 0.2) is 29.6 Å². The molecule has 0 bridgehead atoms. The van der Waals surface area contributed by atoms with E-state index in [4.69, 9.17) is 16.3 Å². The summed E-state index contributed by atoms with van der Waals surface area (Å²) in [4.78, 5) is 16.5. The van der Waals surface area contributed by atoms with Gasteiger partial charge >= 0.3 is 0 Å².